The third kappa shape index (κ3) is 2.90. The number of aldehydes is 1. The van der Waals surface area contributed by atoms with Crippen LogP contribution in [-0.4, -0.2) is 60.6 Å². The van der Waals surface area contributed by atoms with Crippen molar-refractivity contribution in [1.82, 2.24) is 10.1 Å². The van der Waals surface area contributed by atoms with Crippen LogP contribution in [0.25, 0.3) is 11.0 Å². The summed E-state index contributed by atoms with van der Waals surface area (Å²) in [5.74, 6) is -1.37. The lowest BCUT2D eigenvalue weighted by atomic mass is 10.0. The van der Waals surface area contributed by atoms with Gasteiger partial charge in [-0.3, -0.25) is 9.59 Å². The number of carbonyl (C=O) groups is 2. The molecule has 0 N–H and O–H groups in total. The third-order valence-corrected chi connectivity index (χ3v) is 5.13. The lowest BCUT2D eigenvalue weighted by molar-refractivity contribution is -0.00543. The zero-order valence-corrected chi connectivity index (χ0v) is 15.5. The molecule has 0 aliphatic carbocycles. The van der Waals surface area contributed by atoms with Gasteiger partial charge in [0.05, 0.1) is 35.3 Å². The number of benzene rings is 1. The van der Waals surface area contributed by atoms with Crippen molar-refractivity contribution in [3.05, 3.63) is 23.1 Å². The van der Waals surface area contributed by atoms with E-state index >= 15 is 4.39 Å². The van der Waals surface area contributed by atoms with E-state index in [9.17, 15) is 9.59 Å². The topological polar surface area (TPSA) is 99.7 Å². The molecule has 0 bridgehead atoms. The number of rotatable bonds is 3. The Bertz CT molecular complexity index is 982. The highest BCUT2D eigenvalue weighted by Gasteiger charge is 2.35. The highest BCUT2D eigenvalue weighted by atomic mass is 19.1. The molecule has 2 unspecified atom stereocenters. The van der Waals surface area contributed by atoms with Gasteiger partial charge in [-0.1, -0.05) is 5.16 Å². The number of halogens is 1. The molecule has 1 aromatic carbocycles. The van der Waals surface area contributed by atoms with Crippen LogP contribution in [0.2, 0.25) is 0 Å². The number of hydrogen-bond acceptors (Lipinski definition) is 7. The van der Waals surface area contributed by atoms with Crippen LogP contribution in [0, 0.1) is 23.1 Å². The summed E-state index contributed by atoms with van der Waals surface area (Å²) in [4.78, 5) is 27.5. The third-order valence-electron chi connectivity index (χ3n) is 5.13. The van der Waals surface area contributed by atoms with Crippen LogP contribution >= 0.6 is 0 Å². The van der Waals surface area contributed by atoms with Gasteiger partial charge in [0.2, 0.25) is 5.58 Å². The van der Waals surface area contributed by atoms with Gasteiger partial charge in [0, 0.05) is 31.7 Å². The van der Waals surface area contributed by atoms with Crippen LogP contribution in [0.5, 0.6) is 0 Å². The Morgan fingerprint density at radius 3 is 2.61 bits per heavy atom. The fourth-order valence-corrected chi connectivity index (χ4v) is 3.85. The van der Waals surface area contributed by atoms with E-state index in [-0.39, 0.29) is 46.0 Å². The molecule has 2 aliphatic heterocycles. The summed E-state index contributed by atoms with van der Waals surface area (Å²) in [5, 5.41) is 12.8. The van der Waals surface area contributed by atoms with E-state index in [0.29, 0.717) is 32.5 Å². The maximum Gasteiger partial charge on any atom is 0.276 e. The van der Waals surface area contributed by atoms with Crippen LogP contribution in [0.15, 0.2) is 10.6 Å². The molecule has 1 aromatic heterocycles. The predicted molar refractivity (Wildman–Crippen MR) is 96.6 cm³/mol. The molecule has 1 amide bonds. The summed E-state index contributed by atoms with van der Waals surface area (Å²) in [6.07, 6.45) is 0.327. The lowest BCUT2D eigenvalue weighted by Crippen LogP contribution is -2.49. The van der Waals surface area contributed by atoms with Crippen molar-refractivity contribution in [2.75, 3.05) is 31.1 Å². The molecule has 2 fully saturated rings. The second-order valence-electron chi connectivity index (χ2n) is 7.35. The summed E-state index contributed by atoms with van der Waals surface area (Å²) in [5.41, 5.74) is 0.0481. The fourth-order valence-electron chi connectivity index (χ4n) is 3.85. The number of amides is 1. The molecule has 2 atom stereocenters. The molecular formula is C19H19FN4O4. The van der Waals surface area contributed by atoms with Gasteiger partial charge in [0.25, 0.3) is 5.91 Å². The van der Waals surface area contributed by atoms with Crippen LogP contribution in [-0.2, 0) is 4.74 Å². The maximum absolute atomic E-state index is 15.3. The van der Waals surface area contributed by atoms with Crippen molar-refractivity contribution < 1.29 is 23.2 Å². The van der Waals surface area contributed by atoms with E-state index in [1.807, 2.05) is 13.8 Å². The number of fused-ring (bicyclic) bond motifs is 1. The minimum atomic E-state index is -0.717. The Morgan fingerprint density at radius 1 is 1.32 bits per heavy atom. The molecule has 0 radical (unpaired) electrons. The summed E-state index contributed by atoms with van der Waals surface area (Å²) < 4.78 is 26.1. The zero-order valence-electron chi connectivity index (χ0n) is 15.5. The molecular weight excluding hydrogens is 367 g/mol. The summed E-state index contributed by atoms with van der Waals surface area (Å²) >= 11 is 0. The number of nitrogens with zero attached hydrogens (tertiary/aromatic N) is 4. The number of carbonyl (C=O) groups excluding carboxylic acids is 2. The van der Waals surface area contributed by atoms with Gasteiger partial charge in [-0.15, -0.1) is 0 Å². The first-order valence-corrected chi connectivity index (χ1v) is 9.09. The van der Waals surface area contributed by atoms with Crippen LogP contribution < -0.4 is 4.90 Å². The highest BCUT2D eigenvalue weighted by molar-refractivity contribution is 6.07. The van der Waals surface area contributed by atoms with Crippen molar-refractivity contribution in [2.24, 2.45) is 5.92 Å². The molecule has 146 valence electrons. The fraction of sp³-hybridized carbons (Fsp3) is 0.474. The van der Waals surface area contributed by atoms with Gasteiger partial charge in [-0.2, -0.15) is 5.26 Å². The van der Waals surface area contributed by atoms with Gasteiger partial charge in [0.15, 0.2) is 17.8 Å². The molecule has 9 heteroatoms. The monoisotopic (exact) mass is 386 g/mol. The first-order valence-electron chi connectivity index (χ1n) is 9.09. The largest absolute Gasteiger partial charge is 0.372 e. The highest BCUT2D eigenvalue weighted by Crippen LogP contribution is 2.35. The number of anilines is 1. The van der Waals surface area contributed by atoms with Gasteiger partial charge >= 0.3 is 0 Å². The Kier molecular flexibility index (Phi) is 4.51. The van der Waals surface area contributed by atoms with E-state index in [1.165, 1.54) is 11.0 Å². The molecule has 8 nitrogen and oxygen atoms in total. The number of aromatic nitrogens is 1. The standard InChI is InChI=1S/C19H19FN4O4/c1-10-5-23(6-11(2)27-10)17-13(9-25)3-14-16(22-28-18(14)15(17)20)19(26)24-7-12(4-21)8-24/h3,9-12H,5-8H2,1-2H3. The lowest BCUT2D eigenvalue weighted by Gasteiger charge is -2.37. The van der Waals surface area contributed by atoms with Gasteiger partial charge < -0.3 is 19.1 Å². The molecule has 3 heterocycles. The van der Waals surface area contributed by atoms with E-state index in [1.54, 1.807) is 4.90 Å². The van der Waals surface area contributed by atoms with Crippen molar-refractivity contribution in [3.8, 4) is 6.07 Å². The average molecular weight is 386 g/mol. The predicted octanol–water partition coefficient (Wildman–Crippen LogP) is 1.99. The summed E-state index contributed by atoms with van der Waals surface area (Å²) in [6, 6.07) is 3.53. The second-order valence-corrected chi connectivity index (χ2v) is 7.35. The van der Waals surface area contributed by atoms with Crippen LogP contribution in [0.1, 0.15) is 34.7 Å². The van der Waals surface area contributed by atoms with E-state index in [0.717, 1.165) is 0 Å². The van der Waals surface area contributed by atoms with Crippen LogP contribution in [0.3, 0.4) is 0 Å². The van der Waals surface area contributed by atoms with Gasteiger partial charge in [-0.05, 0) is 19.9 Å². The summed E-state index contributed by atoms with van der Waals surface area (Å²) in [7, 11) is 0. The number of hydrogen-bond donors (Lipinski definition) is 0. The normalized spacial score (nSPS) is 22.8. The SMILES string of the molecule is CC1CN(c2c(C=O)cc3c(C(=O)N4CC(C#N)C4)noc3c2F)CC(C)O1. The minimum absolute atomic E-state index is 0.0522. The molecule has 2 aromatic rings. The quantitative estimate of drug-likeness (QED) is 0.744. The Labute approximate surface area is 160 Å². The van der Waals surface area contributed by atoms with E-state index in [4.69, 9.17) is 14.5 Å². The Morgan fingerprint density at radius 2 is 2.00 bits per heavy atom. The van der Waals surface area contributed by atoms with Gasteiger partial charge in [-0.25, -0.2) is 4.39 Å². The number of ether oxygens (including phenoxy) is 1. The Hall–Kier alpha value is -2.99. The first-order chi connectivity index (χ1) is 13.4. The first kappa shape index (κ1) is 18.4. The molecule has 2 aliphatic rings. The van der Waals surface area contributed by atoms with Crippen molar-refractivity contribution in [1.29, 1.82) is 5.26 Å². The molecule has 0 saturated carbocycles. The Balaban J connectivity index is 1.74. The van der Waals surface area contributed by atoms with Crippen molar-refractivity contribution in [3.63, 3.8) is 0 Å². The molecule has 28 heavy (non-hydrogen) atoms. The van der Waals surface area contributed by atoms with Crippen LogP contribution in [0.4, 0.5) is 10.1 Å². The maximum atomic E-state index is 15.3. The van der Waals surface area contributed by atoms with Crippen molar-refractivity contribution in [2.45, 2.75) is 26.1 Å². The number of nitriles is 1. The number of likely N-dealkylation sites (tertiary alicyclic amines) is 1. The molecule has 0 spiro atoms. The second kappa shape index (κ2) is 6.87. The van der Waals surface area contributed by atoms with Crippen molar-refractivity contribution >= 4 is 28.8 Å². The minimum Gasteiger partial charge on any atom is -0.372 e. The molecule has 4 rings (SSSR count). The number of morpholine rings is 1. The smallest absolute Gasteiger partial charge is 0.276 e. The average Bonchev–Trinajstić information content (AvgIpc) is 3.03. The molecule has 2 saturated heterocycles. The van der Waals surface area contributed by atoms with E-state index < -0.39 is 11.7 Å². The zero-order chi connectivity index (χ0) is 20.0. The van der Waals surface area contributed by atoms with E-state index in [2.05, 4.69) is 11.2 Å². The van der Waals surface area contributed by atoms with Gasteiger partial charge in [0.1, 0.15) is 0 Å². The summed E-state index contributed by atoms with van der Waals surface area (Å²) in [6.45, 7) is 5.22.